The summed E-state index contributed by atoms with van der Waals surface area (Å²) in [6, 6.07) is 0. The van der Waals surface area contributed by atoms with Gasteiger partial charge in [-0.2, -0.15) is 0 Å². The van der Waals surface area contributed by atoms with Gasteiger partial charge in [-0.25, -0.2) is 14.2 Å². The predicted octanol–water partition coefficient (Wildman–Crippen LogP) is -1.10. The van der Waals surface area contributed by atoms with Crippen molar-refractivity contribution in [3.8, 4) is 0 Å². The van der Waals surface area contributed by atoms with Crippen LogP contribution in [0.1, 0.15) is 0 Å². The second-order valence-corrected chi connectivity index (χ2v) is 5.83. The number of nitrogens with one attached hydrogen (secondary N) is 2. The number of alkyl halides is 1. The van der Waals surface area contributed by atoms with E-state index in [9.17, 15) is 18.5 Å². The Hall–Kier alpha value is -1.81. The second-order valence-electron chi connectivity index (χ2n) is 4.24. The highest BCUT2D eigenvalue weighted by molar-refractivity contribution is 7.51. The maximum Gasteiger partial charge on any atom is 0.350 e. The molecule has 2 aromatic rings. The van der Waals surface area contributed by atoms with Gasteiger partial charge in [0.15, 0.2) is 5.52 Å². The molecule has 0 aliphatic heterocycles. The molecule has 0 fully saturated rings. The minimum Gasteiger partial charge on any atom is -0.361 e. The molecule has 4 N–H and O–H groups in total. The number of hydrogen-bond acceptors (Lipinski definition) is 5. The van der Waals surface area contributed by atoms with E-state index in [0.29, 0.717) is 0 Å². The molecule has 1 atom stereocenters. The lowest BCUT2D eigenvalue weighted by molar-refractivity contribution is 0.0445. The van der Waals surface area contributed by atoms with Gasteiger partial charge in [-0.3, -0.25) is 19.3 Å². The molecule has 2 rings (SSSR count). The van der Waals surface area contributed by atoms with Gasteiger partial charge in [0.25, 0.3) is 5.56 Å². The maximum absolute atomic E-state index is 12.8. The SMILES string of the molecule is O=c1[nH]c(=O)c2ncn(CC(CF)OCP(=O)(O)O)c2[nH]1. The third-order valence-corrected chi connectivity index (χ3v) is 3.05. The molecule has 10 nitrogen and oxygen atoms in total. The molecule has 0 spiro atoms. The molecule has 0 aliphatic carbocycles. The Morgan fingerprint density at radius 1 is 1.43 bits per heavy atom. The van der Waals surface area contributed by atoms with Crippen molar-refractivity contribution < 1.29 is 23.5 Å². The van der Waals surface area contributed by atoms with Crippen molar-refractivity contribution in [3.63, 3.8) is 0 Å². The van der Waals surface area contributed by atoms with Crippen LogP contribution >= 0.6 is 7.60 Å². The van der Waals surface area contributed by atoms with E-state index < -0.39 is 38.0 Å². The molecule has 0 aromatic carbocycles. The van der Waals surface area contributed by atoms with Gasteiger partial charge in [0, 0.05) is 0 Å². The lowest BCUT2D eigenvalue weighted by Crippen LogP contribution is -2.25. The summed E-state index contributed by atoms with van der Waals surface area (Å²) in [4.78, 5) is 48.1. The van der Waals surface area contributed by atoms with Crippen LogP contribution in [0.5, 0.6) is 0 Å². The van der Waals surface area contributed by atoms with Crippen LogP contribution in [0.15, 0.2) is 15.9 Å². The van der Waals surface area contributed by atoms with Crippen molar-refractivity contribution in [2.75, 3.05) is 13.0 Å². The zero-order chi connectivity index (χ0) is 15.6. The van der Waals surface area contributed by atoms with E-state index in [-0.39, 0.29) is 17.7 Å². The van der Waals surface area contributed by atoms with Gasteiger partial charge in [0.1, 0.15) is 24.8 Å². The molecule has 0 saturated carbocycles. The number of ether oxygens (including phenoxy) is 1. The van der Waals surface area contributed by atoms with Crippen LogP contribution in [0.2, 0.25) is 0 Å². The quantitative estimate of drug-likeness (QED) is 0.493. The van der Waals surface area contributed by atoms with Crippen LogP contribution in [0.25, 0.3) is 11.2 Å². The Balaban J connectivity index is 2.24. The van der Waals surface area contributed by atoms with Gasteiger partial charge >= 0.3 is 13.3 Å². The highest BCUT2D eigenvalue weighted by Gasteiger charge is 2.19. The van der Waals surface area contributed by atoms with E-state index in [1.807, 2.05) is 4.98 Å². The van der Waals surface area contributed by atoms with E-state index in [4.69, 9.17) is 14.5 Å². The van der Waals surface area contributed by atoms with Crippen molar-refractivity contribution in [2.45, 2.75) is 12.6 Å². The first-order valence-electron chi connectivity index (χ1n) is 5.70. The van der Waals surface area contributed by atoms with Crippen molar-refractivity contribution in [2.24, 2.45) is 0 Å². The summed E-state index contributed by atoms with van der Waals surface area (Å²) >= 11 is 0. The summed E-state index contributed by atoms with van der Waals surface area (Å²) < 4.78 is 29.6. The Morgan fingerprint density at radius 2 is 2.14 bits per heavy atom. The Bertz CT molecular complexity index is 791. The molecular formula is C9H12FN4O6P. The summed E-state index contributed by atoms with van der Waals surface area (Å²) in [5.74, 6) is 0. The van der Waals surface area contributed by atoms with Gasteiger partial charge in [0.2, 0.25) is 0 Å². The number of aromatic amines is 2. The van der Waals surface area contributed by atoms with Crippen LogP contribution < -0.4 is 11.2 Å². The minimum atomic E-state index is -4.41. The number of hydrogen-bond donors (Lipinski definition) is 4. The number of fused-ring (bicyclic) bond motifs is 1. The smallest absolute Gasteiger partial charge is 0.350 e. The zero-order valence-electron chi connectivity index (χ0n) is 10.5. The van der Waals surface area contributed by atoms with Gasteiger partial charge in [-0.05, 0) is 0 Å². The van der Waals surface area contributed by atoms with Crippen molar-refractivity contribution >= 4 is 18.8 Å². The molecule has 21 heavy (non-hydrogen) atoms. The average molecular weight is 322 g/mol. The standard InChI is InChI=1S/C9H12FN4O6P/c10-1-5(20-4-21(17,18)19)2-14-3-11-6-7(14)12-9(16)13-8(6)15/h3,5H,1-2,4H2,(H2,17,18,19)(H2,12,13,15,16). The average Bonchev–Trinajstić information content (AvgIpc) is 2.76. The Labute approximate surface area is 115 Å². The van der Waals surface area contributed by atoms with Gasteiger partial charge in [0.05, 0.1) is 12.9 Å². The molecule has 2 aromatic heterocycles. The number of rotatable bonds is 6. The second kappa shape index (κ2) is 5.90. The largest absolute Gasteiger partial charge is 0.361 e. The summed E-state index contributed by atoms with van der Waals surface area (Å²) in [7, 11) is -4.41. The molecule has 1 unspecified atom stereocenters. The molecule has 0 aliphatic rings. The first kappa shape index (κ1) is 15.6. The van der Waals surface area contributed by atoms with Crippen LogP contribution in [0.4, 0.5) is 4.39 Å². The molecule has 0 amide bonds. The third kappa shape index (κ3) is 3.85. The fraction of sp³-hybridized carbons (Fsp3) is 0.444. The maximum atomic E-state index is 12.8. The number of imidazole rings is 1. The number of aromatic nitrogens is 4. The van der Waals surface area contributed by atoms with E-state index >= 15 is 0 Å². The summed E-state index contributed by atoms with van der Waals surface area (Å²) in [6.07, 6.45) is -0.886. The Kier molecular flexibility index (Phi) is 4.37. The lowest BCUT2D eigenvalue weighted by Gasteiger charge is -2.15. The highest BCUT2D eigenvalue weighted by atomic mass is 31.2. The summed E-state index contributed by atoms with van der Waals surface area (Å²) in [6.45, 7) is -1.18. The van der Waals surface area contributed by atoms with Crippen LogP contribution in [-0.4, -0.2) is 48.4 Å². The zero-order valence-corrected chi connectivity index (χ0v) is 11.4. The van der Waals surface area contributed by atoms with E-state index in [1.54, 1.807) is 0 Å². The molecule has 12 heteroatoms. The molecule has 0 radical (unpaired) electrons. The van der Waals surface area contributed by atoms with Gasteiger partial charge < -0.3 is 19.1 Å². The van der Waals surface area contributed by atoms with E-state index in [1.165, 1.54) is 10.9 Å². The normalized spacial score (nSPS) is 13.7. The van der Waals surface area contributed by atoms with Crippen LogP contribution in [0.3, 0.4) is 0 Å². The van der Waals surface area contributed by atoms with Crippen molar-refractivity contribution in [1.29, 1.82) is 0 Å². The molecule has 0 saturated heterocycles. The summed E-state index contributed by atoms with van der Waals surface area (Å²) in [5.41, 5.74) is -1.41. The molecule has 0 bridgehead atoms. The molecule has 116 valence electrons. The number of halogens is 1. The van der Waals surface area contributed by atoms with Crippen LogP contribution in [0, 0.1) is 0 Å². The van der Waals surface area contributed by atoms with Gasteiger partial charge in [-0.15, -0.1) is 0 Å². The van der Waals surface area contributed by atoms with Crippen molar-refractivity contribution in [3.05, 3.63) is 27.2 Å². The molecular weight excluding hydrogens is 310 g/mol. The Morgan fingerprint density at radius 3 is 2.76 bits per heavy atom. The first-order chi connectivity index (χ1) is 9.80. The fourth-order valence-electron chi connectivity index (χ4n) is 1.69. The number of nitrogens with zero attached hydrogens (tertiary/aromatic N) is 2. The topological polar surface area (TPSA) is 150 Å². The minimum absolute atomic E-state index is 0.0396. The van der Waals surface area contributed by atoms with Crippen molar-refractivity contribution in [1.82, 2.24) is 19.5 Å². The highest BCUT2D eigenvalue weighted by Crippen LogP contribution is 2.34. The lowest BCUT2D eigenvalue weighted by atomic mass is 10.4. The third-order valence-electron chi connectivity index (χ3n) is 2.56. The first-order valence-corrected chi connectivity index (χ1v) is 7.49. The van der Waals surface area contributed by atoms with E-state index in [2.05, 4.69) is 9.97 Å². The number of H-pyrrole nitrogens is 2. The van der Waals surface area contributed by atoms with E-state index in [0.717, 1.165) is 0 Å². The molecule has 2 heterocycles. The predicted molar refractivity (Wildman–Crippen MR) is 68.7 cm³/mol. The van der Waals surface area contributed by atoms with Gasteiger partial charge in [-0.1, -0.05) is 0 Å². The fourth-order valence-corrected chi connectivity index (χ4v) is 2.09. The van der Waals surface area contributed by atoms with Crippen LogP contribution in [-0.2, 0) is 15.8 Å². The monoisotopic (exact) mass is 322 g/mol. The summed E-state index contributed by atoms with van der Waals surface area (Å²) in [5, 5.41) is 0.